The monoisotopic (exact) mass is 250 g/mol. The summed E-state index contributed by atoms with van der Waals surface area (Å²) in [5.74, 6) is -0.133. The number of piperazine rings is 1. The van der Waals surface area contributed by atoms with Gasteiger partial charge in [-0.15, -0.1) is 0 Å². The van der Waals surface area contributed by atoms with Crippen LogP contribution in [0, 0.1) is 12.7 Å². The van der Waals surface area contributed by atoms with Gasteiger partial charge in [0, 0.05) is 32.2 Å². The quantitative estimate of drug-likeness (QED) is 0.884. The van der Waals surface area contributed by atoms with E-state index in [1.165, 1.54) is 5.56 Å². The summed E-state index contributed by atoms with van der Waals surface area (Å²) in [7, 11) is 0. The fraction of sp³-hybridized carbons (Fsp3) is 0.600. The van der Waals surface area contributed by atoms with Gasteiger partial charge in [-0.25, -0.2) is 4.39 Å². The third kappa shape index (κ3) is 3.09. The molecule has 0 unspecified atom stereocenters. The van der Waals surface area contributed by atoms with Crippen molar-refractivity contribution in [2.45, 2.75) is 32.7 Å². The summed E-state index contributed by atoms with van der Waals surface area (Å²) in [4.78, 5) is 2.53. The highest BCUT2D eigenvalue weighted by Gasteiger charge is 2.22. The van der Waals surface area contributed by atoms with E-state index in [1.807, 2.05) is 13.0 Å². The molecule has 0 aromatic heterocycles. The molecule has 100 valence electrons. The molecule has 0 saturated carbocycles. The van der Waals surface area contributed by atoms with Gasteiger partial charge < -0.3 is 5.32 Å². The first kappa shape index (κ1) is 13.5. The van der Waals surface area contributed by atoms with Gasteiger partial charge >= 0.3 is 0 Å². The zero-order chi connectivity index (χ0) is 13.0. The second-order valence-corrected chi connectivity index (χ2v) is 5.09. The third-order valence-corrected chi connectivity index (χ3v) is 3.75. The Morgan fingerprint density at radius 3 is 2.67 bits per heavy atom. The van der Waals surface area contributed by atoms with E-state index in [2.05, 4.69) is 17.1 Å². The maximum absolute atomic E-state index is 13.2. The lowest BCUT2D eigenvalue weighted by Gasteiger charge is -2.36. The summed E-state index contributed by atoms with van der Waals surface area (Å²) in [5.41, 5.74) is 2.37. The van der Waals surface area contributed by atoms with Gasteiger partial charge in [0.1, 0.15) is 5.82 Å². The Morgan fingerprint density at radius 1 is 1.33 bits per heavy atom. The van der Waals surface area contributed by atoms with Crippen molar-refractivity contribution >= 4 is 0 Å². The molecule has 2 rings (SSSR count). The van der Waals surface area contributed by atoms with Crippen molar-refractivity contribution in [1.82, 2.24) is 10.2 Å². The van der Waals surface area contributed by atoms with E-state index >= 15 is 0 Å². The second-order valence-electron chi connectivity index (χ2n) is 5.09. The van der Waals surface area contributed by atoms with E-state index in [1.54, 1.807) is 12.1 Å². The average molecular weight is 250 g/mol. The molecule has 2 nitrogen and oxygen atoms in total. The van der Waals surface area contributed by atoms with Crippen molar-refractivity contribution < 1.29 is 4.39 Å². The number of nitrogens with zero attached hydrogens (tertiary/aromatic N) is 1. The van der Waals surface area contributed by atoms with E-state index in [9.17, 15) is 4.39 Å². The van der Waals surface area contributed by atoms with E-state index in [4.69, 9.17) is 0 Å². The fourth-order valence-electron chi connectivity index (χ4n) is 2.82. The largest absolute Gasteiger partial charge is 0.314 e. The van der Waals surface area contributed by atoms with Crippen LogP contribution in [0.4, 0.5) is 4.39 Å². The zero-order valence-electron chi connectivity index (χ0n) is 11.4. The number of benzene rings is 1. The molecule has 1 aromatic rings. The molecule has 0 radical (unpaired) electrons. The van der Waals surface area contributed by atoms with Crippen LogP contribution in [0.1, 0.15) is 36.9 Å². The molecule has 1 aliphatic heterocycles. The van der Waals surface area contributed by atoms with Gasteiger partial charge in [-0.2, -0.15) is 0 Å². The molecule has 1 fully saturated rings. The highest BCUT2D eigenvalue weighted by Crippen LogP contribution is 2.28. The molecule has 1 N–H and O–H groups in total. The van der Waals surface area contributed by atoms with Gasteiger partial charge in [-0.1, -0.05) is 19.4 Å². The van der Waals surface area contributed by atoms with Gasteiger partial charge in [-0.05, 0) is 36.6 Å². The molecule has 0 bridgehead atoms. The maximum atomic E-state index is 13.2. The number of hydrogen-bond donors (Lipinski definition) is 1. The van der Waals surface area contributed by atoms with Crippen LogP contribution in [0.15, 0.2) is 18.2 Å². The van der Waals surface area contributed by atoms with Crippen LogP contribution in [0.3, 0.4) is 0 Å². The molecule has 0 amide bonds. The van der Waals surface area contributed by atoms with Gasteiger partial charge in [0.25, 0.3) is 0 Å². The molecule has 0 spiro atoms. The van der Waals surface area contributed by atoms with Gasteiger partial charge in [0.15, 0.2) is 0 Å². The third-order valence-electron chi connectivity index (χ3n) is 3.75. The molecule has 1 heterocycles. The summed E-state index contributed by atoms with van der Waals surface area (Å²) in [6.07, 6.45) is 2.30. The first-order valence-electron chi connectivity index (χ1n) is 6.93. The molecular formula is C15H23FN2. The summed E-state index contributed by atoms with van der Waals surface area (Å²) >= 11 is 0. The Balaban J connectivity index is 2.22. The van der Waals surface area contributed by atoms with Crippen LogP contribution in [-0.4, -0.2) is 31.1 Å². The average Bonchev–Trinajstić information content (AvgIpc) is 2.38. The number of hydrogen-bond acceptors (Lipinski definition) is 2. The lowest BCUT2D eigenvalue weighted by atomic mass is 9.95. The number of nitrogens with one attached hydrogen (secondary N) is 1. The van der Waals surface area contributed by atoms with Gasteiger partial charge in [-0.3, -0.25) is 4.90 Å². The lowest BCUT2D eigenvalue weighted by molar-refractivity contribution is 0.164. The van der Waals surface area contributed by atoms with Crippen LogP contribution in [0.5, 0.6) is 0 Å². The van der Waals surface area contributed by atoms with E-state index in [-0.39, 0.29) is 5.82 Å². The Bertz CT molecular complexity index is 386. The molecule has 1 aliphatic rings. The van der Waals surface area contributed by atoms with Gasteiger partial charge in [0.05, 0.1) is 0 Å². The molecule has 18 heavy (non-hydrogen) atoms. The lowest BCUT2D eigenvalue weighted by Crippen LogP contribution is -2.45. The number of rotatable bonds is 4. The van der Waals surface area contributed by atoms with Crippen LogP contribution in [0.25, 0.3) is 0 Å². The Morgan fingerprint density at radius 2 is 2.06 bits per heavy atom. The molecule has 1 saturated heterocycles. The Labute approximate surface area is 109 Å². The van der Waals surface area contributed by atoms with Crippen molar-refractivity contribution in [2.75, 3.05) is 26.2 Å². The SMILES string of the molecule is CCC[C@H](c1ccc(F)cc1C)N1CCNCC1. The van der Waals surface area contributed by atoms with Crippen molar-refractivity contribution in [2.24, 2.45) is 0 Å². The maximum Gasteiger partial charge on any atom is 0.123 e. The van der Waals surface area contributed by atoms with E-state index in [0.29, 0.717) is 6.04 Å². The zero-order valence-corrected chi connectivity index (χ0v) is 11.4. The van der Waals surface area contributed by atoms with Gasteiger partial charge in [0.2, 0.25) is 0 Å². The first-order valence-corrected chi connectivity index (χ1v) is 6.93. The standard InChI is InChI=1S/C15H23FN2/c1-3-4-15(18-9-7-17-8-10-18)14-6-5-13(16)11-12(14)2/h5-6,11,15,17H,3-4,7-10H2,1-2H3/t15-/m1/s1. The highest BCUT2D eigenvalue weighted by molar-refractivity contribution is 5.29. The molecular weight excluding hydrogens is 227 g/mol. The van der Waals surface area contributed by atoms with Crippen LogP contribution < -0.4 is 5.32 Å². The van der Waals surface area contributed by atoms with Crippen molar-refractivity contribution in [1.29, 1.82) is 0 Å². The molecule has 0 aliphatic carbocycles. The number of aryl methyl sites for hydroxylation is 1. The minimum atomic E-state index is -0.133. The minimum absolute atomic E-state index is 0.133. The normalized spacial score (nSPS) is 18.8. The van der Waals surface area contributed by atoms with Crippen molar-refractivity contribution in [3.05, 3.63) is 35.1 Å². The summed E-state index contributed by atoms with van der Waals surface area (Å²) in [6.45, 7) is 8.52. The highest BCUT2D eigenvalue weighted by atomic mass is 19.1. The van der Waals surface area contributed by atoms with E-state index < -0.39 is 0 Å². The molecule has 1 aromatic carbocycles. The Hall–Kier alpha value is -0.930. The molecule has 3 heteroatoms. The molecule has 1 atom stereocenters. The summed E-state index contributed by atoms with van der Waals surface area (Å²) in [5, 5.41) is 3.39. The Kier molecular flexibility index (Phi) is 4.72. The predicted octanol–water partition coefficient (Wildman–Crippen LogP) is 2.88. The smallest absolute Gasteiger partial charge is 0.123 e. The second kappa shape index (κ2) is 6.30. The topological polar surface area (TPSA) is 15.3 Å². The number of halogens is 1. The van der Waals surface area contributed by atoms with Crippen molar-refractivity contribution in [3.8, 4) is 0 Å². The van der Waals surface area contributed by atoms with Crippen LogP contribution >= 0.6 is 0 Å². The van der Waals surface area contributed by atoms with Crippen LogP contribution in [0.2, 0.25) is 0 Å². The van der Waals surface area contributed by atoms with E-state index in [0.717, 1.165) is 44.6 Å². The first-order chi connectivity index (χ1) is 8.72. The van der Waals surface area contributed by atoms with Crippen LogP contribution in [-0.2, 0) is 0 Å². The summed E-state index contributed by atoms with van der Waals surface area (Å²) in [6, 6.07) is 5.65. The predicted molar refractivity (Wildman–Crippen MR) is 73.2 cm³/mol. The van der Waals surface area contributed by atoms with Crippen molar-refractivity contribution in [3.63, 3.8) is 0 Å². The fourth-order valence-corrected chi connectivity index (χ4v) is 2.82. The summed E-state index contributed by atoms with van der Waals surface area (Å²) < 4.78 is 13.2. The minimum Gasteiger partial charge on any atom is -0.314 e.